The number of nitrogens with one attached hydrogen (secondary N) is 1. The van der Waals surface area contributed by atoms with Crippen molar-refractivity contribution in [3.63, 3.8) is 0 Å². The number of aromatic nitrogens is 3. The van der Waals surface area contributed by atoms with Gasteiger partial charge >= 0.3 is 0 Å². The highest BCUT2D eigenvalue weighted by Gasteiger charge is 2.25. The molecule has 10 heteroatoms. The molecule has 0 bridgehead atoms. The van der Waals surface area contributed by atoms with Gasteiger partial charge in [-0.1, -0.05) is 29.7 Å². The van der Waals surface area contributed by atoms with Crippen LogP contribution in [0.1, 0.15) is 29.2 Å². The average Bonchev–Trinajstić information content (AvgIpc) is 2.72. The predicted molar refractivity (Wildman–Crippen MR) is 110 cm³/mol. The fraction of sp³-hybridized carbons (Fsp3) is 0.143. The zero-order valence-corrected chi connectivity index (χ0v) is 16.6. The number of rotatable bonds is 5. The van der Waals surface area contributed by atoms with Crippen LogP contribution in [-0.4, -0.2) is 27.5 Å². The van der Waals surface area contributed by atoms with Crippen molar-refractivity contribution < 1.29 is 18.0 Å². The summed E-state index contributed by atoms with van der Waals surface area (Å²) < 4.78 is 39.2. The quantitative estimate of drug-likeness (QED) is 0.578. The molecule has 2 heterocycles. The van der Waals surface area contributed by atoms with E-state index in [-0.39, 0.29) is 27.9 Å². The van der Waals surface area contributed by atoms with E-state index in [1.54, 1.807) is 6.07 Å². The number of amides is 1. The van der Waals surface area contributed by atoms with Crippen LogP contribution in [0.2, 0.25) is 5.15 Å². The van der Waals surface area contributed by atoms with E-state index in [2.05, 4.69) is 32.3 Å². The normalized spacial score (nSPS) is 11.5. The van der Waals surface area contributed by atoms with Gasteiger partial charge in [-0.15, -0.1) is 10.2 Å². The minimum atomic E-state index is -2.73. The van der Waals surface area contributed by atoms with Gasteiger partial charge in [0.15, 0.2) is 10.8 Å². The highest BCUT2D eigenvalue weighted by atomic mass is 35.5. The number of carbonyl (C=O) groups excluding carboxylic acids is 1. The lowest BCUT2D eigenvalue weighted by Gasteiger charge is -2.16. The lowest BCUT2D eigenvalue weighted by Crippen LogP contribution is -2.23. The first-order valence-electron chi connectivity index (χ1n) is 8.93. The average molecular weight is 446 g/mol. The fourth-order valence-electron chi connectivity index (χ4n) is 2.67. The Labute approximate surface area is 180 Å². The summed E-state index contributed by atoms with van der Waals surface area (Å²) in [4.78, 5) is 16.7. The Balaban J connectivity index is 1.79. The van der Waals surface area contributed by atoms with Crippen LogP contribution in [0.4, 0.5) is 24.7 Å². The van der Waals surface area contributed by atoms with Gasteiger partial charge in [0.2, 0.25) is 12.3 Å². The van der Waals surface area contributed by atoms with E-state index in [4.69, 9.17) is 17.3 Å². The highest BCUT2D eigenvalue weighted by Crippen LogP contribution is 2.25. The summed E-state index contributed by atoms with van der Waals surface area (Å²) >= 11 is 5.70. The number of alkyl halides is 2. The summed E-state index contributed by atoms with van der Waals surface area (Å²) in [6, 6.07) is 9.29. The van der Waals surface area contributed by atoms with Crippen molar-refractivity contribution in [2.75, 3.05) is 11.1 Å². The highest BCUT2D eigenvalue weighted by molar-refractivity contribution is 6.29. The van der Waals surface area contributed by atoms with Gasteiger partial charge in [-0.25, -0.2) is 18.2 Å². The van der Waals surface area contributed by atoms with E-state index in [0.29, 0.717) is 5.56 Å². The van der Waals surface area contributed by atoms with Gasteiger partial charge in [-0.2, -0.15) is 0 Å². The first-order valence-corrected chi connectivity index (χ1v) is 9.31. The Hall–Kier alpha value is -3.64. The SMILES string of the molecule is Nc1cc(Cl)nnc1C#Cc1ccnc(NC(=O)C(CC(F)F)c2ccc(F)cc2)c1. The second-order valence-electron chi connectivity index (χ2n) is 6.37. The number of anilines is 2. The standard InChI is InChI=1S/C21H15ClF3N5O/c22-18-11-16(26)17(29-30-18)6-1-12-7-8-27-20(9-12)28-21(31)15(10-19(24)25)13-2-4-14(23)5-3-13/h2-5,7-9,11,15,19H,10H2,(H2,26,30)(H,27,28,31). The van der Waals surface area contributed by atoms with Crippen molar-refractivity contribution in [1.29, 1.82) is 0 Å². The summed E-state index contributed by atoms with van der Waals surface area (Å²) in [6.07, 6.45) is -2.04. The van der Waals surface area contributed by atoms with E-state index in [1.165, 1.54) is 30.5 Å². The van der Waals surface area contributed by atoms with E-state index in [1.807, 2.05) is 0 Å². The third kappa shape index (κ3) is 6.17. The van der Waals surface area contributed by atoms with Crippen LogP contribution in [0.15, 0.2) is 48.7 Å². The maximum atomic E-state index is 13.2. The number of benzene rings is 1. The molecule has 1 atom stereocenters. The molecule has 2 aromatic heterocycles. The van der Waals surface area contributed by atoms with Gasteiger partial charge in [-0.05, 0) is 35.7 Å². The van der Waals surface area contributed by atoms with Crippen molar-refractivity contribution in [1.82, 2.24) is 15.2 Å². The van der Waals surface area contributed by atoms with Gasteiger partial charge in [0, 0.05) is 24.2 Å². The molecule has 31 heavy (non-hydrogen) atoms. The molecular weight excluding hydrogens is 431 g/mol. The molecule has 0 aliphatic heterocycles. The first-order chi connectivity index (χ1) is 14.8. The van der Waals surface area contributed by atoms with Crippen molar-refractivity contribution >= 4 is 29.0 Å². The van der Waals surface area contributed by atoms with Crippen LogP contribution in [0, 0.1) is 17.7 Å². The van der Waals surface area contributed by atoms with Crippen LogP contribution in [0.5, 0.6) is 0 Å². The Morgan fingerprint density at radius 1 is 1.13 bits per heavy atom. The lowest BCUT2D eigenvalue weighted by atomic mass is 9.95. The monoisotopic (exact) mass is 445 g/mol. The molecule has 3 rings (SSSR count). The van der Waals surface area contributed by atoms with Gasteiger partial charge in [0.25, 0.3) is 0 Å². The topological polar surface area (TPSA) is 93.8 Å². The minimum Gasteiger partial charge on any atom is -0.396 e. The molecule has 1 unspecified atom stereocenters. The lowest BCUT2D eigenvalue weighted by molar-refractivity contribution is -0.118. The maximum absolute atomic E-state index is 13.2. The number of carbonyl (C=O) groups is 1. The molecule has 0 fully saturated rings. The Morgan fingerprint density at radius 3 is 2.55 bits per heavy atom. The smallest absolute Gasteiger partial charge is 0.239 e. The zero-order valence-electron chi connectivity index (χ0n) is 15.8. The number of nitrogen functional groups attached to an aromatic ring is 1. The summed E-state index contributed by atoms with van der Waals surface area (Å²) in [6.45, 7) is 0. The summed E-state index contributed by atoms with van der Waals surface area (Å²) in [5.41, 5.74) is 6.99. The molecule has 0 spiro atoms. The zero-order chi connectivity index (χ0) is 22.4. The third-order valence-corrected chi connectivity index (χ3v) is 4.32. The van der Waals surface area contributed by atoms with Crippen LogP contribution >= 0.6 is 11.6 Å². The van der Waals surface area contributed by atoms with Gasteiger partial charge in [0.05, 0.1) is 11.6 Å². The molecule has 1 amide bonds. The third-order valence-electron chi connectivity index (χ3n) is 4.13. The fourth-order valence-corrected chi connectivity index (χ4v) is 2.82. The number of hydrogen-bond donors (Lipinski definition) is 2. The molecular formula is C21H15ClF3N5O. The Bertz CT molecular complexity index is 1150. The number of hydrogen-bond acceptors (Lipinski definition) is 5. The second kappa shape index (κ2) is 9.91. The molecule has 0 aliphatic rings. The van der Waals surface area contributed by atoms with E-state index < -0.39 is 30.5 Å². The van der Waals surface area contributed by atoms with Gasteiger partial charge in [0.1, 0.15) is 11.6 Å². The molecule has 0 aliphatic carbocycles. The molecule has 0 saturated carbocycles. The van der Waals surface area contributed by atoms with Crippen LogP contribution in [-0.2, 0) is 4.79 Å². The van der Waals surface area contributed by atoms with Gasteiger partial charge < -0.3 is 11.1 Å². The number of halogens is 4. The first kappa shape index (κ1) is 22.1. The Morgan fingerprint density at radius 2 is 1.87 bits per heavy atom. The molecule has 1 aromatic carbocycles. The van der Waals surface area contributed by atoms with Crippen LogP contribution in [0.3, 0.4) is 0 Å². The van der Waals surface area contributed by atoms with Crippen molar-refractivity contribution in [3.05, 3.63) is 76.5 Å². The molecule has 3 aromatic rings. The Kier molecular flexibility index (Phi) is 7.05. The molecule has 158 valence electrons. The van der Waals surface area contributed by atoms with E-state index >= 15 is 0 Å². The number of nitrogens with two attached hydrogens (primary N) is 1. The number of nitrogens with zero attached hydrogens (tertiary/aromatic N) is 3. The largest absolute Gasteiger partial charge is 0.396 e. The predicted octanol–water partition coefficient (Wildman–Crippen LogP) is 4.02. The molecule has 6 nitrogen and oxygen atoms in total. The van der Waals surface area contributed by atoms with E-state index in [0.717, 1.165) is 12.1 Å². The van der Waals surface area contributed by atoms with Crippen LogP contribution < -0.4 is 11.1 Å². The second-order valence-corrected chi connectivity index (χ2v) is 6.76. The minimum absolute atomic E-state index is 0.119. The molecule has 0 radical (unpaired) electrons. The summed E-state index contributed by atoms with van der Waals surface area (Å²) in [7, 11) is 0. The van der Waals surface area contributed by atoms with Crippen molar-refractivity contribution in [2.24, 2.45) is 0 Å². The van der Waals surface area contributed by atoms with Crippen molar-refractivity contribution in [2.45, 2.75) is 18.8 Å². The summed E-state index contributed by atoms with van der Waals surface area (Å²) in [5.74, 6) is 3.25. The van der Waals surface area contributed by atoms with Crippen molar-refractivity contribution in [3.8, 4) is 11.8 Å². The maximum Gasteiger partial charge on any atom is 0.239 e. The van der Waals surface area contributed by atoms with Gasteiger partial charge in [-0.3, -0.25) is 4.79 Å². The molecule has 0 saturated heterocycles. The van der Waals surface area contributed by atoms with E-state index in [9.17, 15) is 18.0 Å². The molecule has 3 N–H and O–H groups in total. The number of pyridine rings is 1. The van der Waals surface area contributed by atoms with Crippen LogP contribution in [0.25, 0.3) is 0 Å². The summed E-state index contributed by atoms with van der Waals surface area (Å²) in [5, 5.41) is 10.1.